The highest BCUT2D eigenvalue weighted by Crippen LogP contribution is 2.37. The minimum absolute atomic E-state index is 0.000419. The van der Waals surface area contributed by atoms with Gasteiger partial charge in [0.15, 0.2) is 0 Å². The highest BCUT2D eigenvalue weighted by atomic mass is 16.5. The van der Waals surface area contributed by atoms with Gasteiger partial charge in [-0.25, -0.2) is 0 Å². The van der Waals surface area contributed by atoms with Crippen LogP contribution in [0.2, 0.25) is 0 Å². The number of benzene rings is 1. The molecule has 0 aliphatic carbocycles. The van der Waals surface area contributed by atoms with Crippen molar-refractivity contribution in [3.05, 3.63) is 65.5 Å². The number of piperidine rings is 1. The maximum atomic E-state index is 13.1. The molecule has 0 bridgehead atoms. The molecule has 0 radical (unpaired) electrons. The van der Waals surface area contributed by atoms with E-state index in [0.29, 0.717) is 32.5 Å². The third kappa shape index (κ3) is 5.41. The Bertz CT molecular complexity index is 808. The van der Waals surface area contributed by atoms with Crippen molar-refractivity contribution in [2.45, 2.75) is 32.2 Å². The molecular weight excluding hydrogens is 366 g/mol. The molecular formula is C23H29N3O3. The van der Waals surface area contributed by atoms with Crippen molar-refractivity contribution in [2.24, 2.45) is 5.92 Å². The lowest BCUT2D eigenvalue weighted by molar-refractivity contribution is -0.144. The summed E-state index contributed by atoms with van der Waals surface area (Å²) in [5.41, 5.74) is 3.28. The van der Waals surface area contributed by atoms with Gasteiger partial charge in [0.2, 0.25) is 11.8 Å². The van der Waals surface area contributed by atoms with Gasteiger partial charge in [-0.3, -0.25) is 14.6 Å². The summed E-state index contributed by atoms with van der Waals surface area (Å²) >= 11 is 0. The van der Waals surface area contributed by atoms with Crippen LogP contribution in [0.4, 0.5) is 0 Å². The molecule has 1 N–H and O–H groups in total. The Morgan fingerprint density at radius 2 is 1.93 bits per heavy atom. The number of amides is 2. The minimum atomic E-state index is -0.273. The Morgan fingerprint density at radius 3 is 2.62 bits per heavy atom. The molecule has 0 saturated carbocycles. The molecule has 1 aliphatic rings. The fourth-order valence-corrected chi connectivity index (χ4v) is 3.87. The lowest BCUT2D eigenvalue weighted by atomic mass is 9.83. The van der Waals surface area contributed by atoms with E-state index >= 15 is 0 Å². The van der Waals surface area contributed by atoms with Gasteiger partial charge in [0, 0.05) is 39.0 Å². The highest BCUT2D eigenvalue weighted by molar-refractivity contribution is 5.85. The zero-order valence-corrected chi connectivity index (χ0v) is 17.1. The number of pyridine rings is 1. The fraction of sp³-hybridized carbons (Fsp3) is 0.435. The van der Waals surface area contributed by atoms with E-state index in [-0.39, 0.29) is 23.8 Å². The quantitative estimate of drug-likeness (QED) is 0.746. The summed E-state index contributed by atoms with van der Waals surface area (Å²) in [7, 11) is 1.62. The predicted molar refractivity (Wildman–Crippen MR) is 111 cm³/mol. The molecule has 2 aromatic rings. The molecule has 1 saturated heterocycles. The maximum Gasteiger partial charge on any atom is 0.225 e. The molecule has 2 amide bonds. The number of aromatic nitrogens is 1. The Morgan fingerprint density at radius 1 is 1.21 bits per heavy atom. The SMILES string of the molecule is COCCN1C(=O)CC[C@@H](C(=O)NCCc2ccncc2)[C@H]1c1ccc(C)cc1. The number of ether oxygens (including phenoxy) is 1. The van der Waals surface area contributed by atoms with Crippen LogP contribution in [0.25, 0.3) is 0 Å². The summed E-state index contributed by atoms with van der Waals surface area (Å²) in [5.74, 6) is -0.197. The molecule has 3 rings (SSSR count). The van der Waals surface area contributed by atoms with Gasteiger partial charge in [0.05, 0.1) is 18.6 Å². The molecule has 1 aromatic carbocycles. The van der Waals surface area contributed by atoms with Gasteiger partial charge in [-0.1, -0.05) is 29.8 Å². The van der Waals surface area contributed by atoms with E-state index in [0.717, 1.165) is 23.1 Å². The third-order valence-corrected chi connectivity index (χ3v) is 5.46. The zero-order valence-electron chi connectivity index (χ0n) is 17.1. The van der Waals surface area contributed by atoms with Crippen LogP contribution in [0.15, 0.2) is 48.8 Å². The average Bonchev–Trinajstić information content (AvgIpc) is 2.74. The molecule has 0 spiro atoms. The smallest absolute Gasteiger partial charge is 0.225 e. The van der Waals surface area contributed by atoms with Crippen molar-refractivity contribution in [1.82, 2.24) is 15.2 Å². The van der Waals surface area contributed by atoms with Crippen molar-refractivity contribution in [1.29, 1.82) is 0 Å². The Kier molecular flexibility index (Phi) is 7.36. The zero-order chi connectivity index (χ0) is 20.6. The van der Waals surface area contributed by atoms with E-state index in [2.05, 4.69) is 10.3 Å². The molecule has 1 fully saturated rings. The summed E-state index contributed by atoms with van der Waals surface area (Å²) < 4.78 is 5.21. The number of hydrogen-bond acceptors (Lipinski definition) is 4. The van der Waals surface area contributed by atoms with Crippen molar-refractivity contribution in [2.75, 3.05) is 26.8 Å². The van der Waals surface area contributed by atoms with E-state index in [1.165, 1.54) is 0 Å². The molecule has 154 valence electrons. The standard InChI is InChI=1S/C23H29N3O3/c1-17-3-5-19(6-4-17)22-20(7-8-21(27)26(22)15-16-29-2)23(28)25-14-11-18-9-12-24-13-10-18/h3-6,9-10,12-13,20,22H,7-8,11,14-16H2,1-2H3,(H,25,28)/t20-,22-/m1/s1. The molecule has 1 aromatic heterocycles. The Balaban J connectivity index is 1.75. The van der Waals surface area contributed by atoms with Gasteiger partial charge >= 0.3 is 0 Å². The van der Waals surface area contributed by atoms with E-state index in [1.807, 2.05) is 48.2 Å². The van der Waals surface area contributed by atoms with Crippen molar-refractivity contribution in [3.63, 3.8) is 0 Å². The summed E-state index contributed by atoms with van der Waals surface area (Å²) in [6.45, 7) is 3.52. The number of nitrogens with one attached hydrogen (secondary N) is 1. The average molecular weight is 396 g/mol. The molecule has 6 nitrogen and oxygen atoms in total. The second-order valence-corrected chi connectivity index (χ2v) is 7.48. The number of methoxy groups -OCH3 is 1. The first-order chi connectivity index (χ1) is 14.1. The van der Waals surface area contributed by atoms with Crippen LogP contribution >= 0.6 is 0 Å². The van der Waals surface area contributed by atoms with E-state index in [4.69, 9.17) is 4.74 Å². The molecule has 6 heteroatoms. The van der Waals surface area contributed by atoms with Gasteiger partial charge in [-0.05, 0) is 43.0 Å². The van der Waals surface area contributed by atoms with Crippen LogP contribution in [-0.4, -0.2) is 48.5 Å². The van der Waals surface area contributed by atoms with Crippen LogP contribution in [-0.2, 0) is 20.7 Å². The number of carbonyl (C=O) groups excluding carboxylic acids is 2. The molecule has 2 heterocycles. The monoisotopic (exact) mass is 395 g/mol. The largest absolute Gasteiger partial charge is 0.383 e. The van der Waals surface area contributed by atoms with Crippen LogP contribution in [0.3, 0.4) is 0 Å². The first-order valence-corrected chi connectivity index (χ1v) is 10.1. The molecule has 0 unspecified atom stereocenters. The lowest BCUT2D eigenvalue weighted by Crippen LogP contribution is -2.49. The number of hydrogen-bond donors (Lipinski definition) is 1. The Labute approximate surface area is 172 Å². The normalized spacial score (nSPS) is 19.2. The summed E-state index contributed by atoms with van der Waals surface area (Å²) in [6.07, 6.45) is 5.20. The van der Waals surface area contributed by atoms with E-state index < -0.39 is 0 Å². The summed E-state index contributed by atoms with van der Waals surface area (Å²) in [6, 6.07) is 11.7. The summed E-state index contributed by atoms with van der Waals surface area (Å²) in [5, 5.41) is 3.07. The first kappa shape index (κ1) is 21.0. The predicted octanol–water partition coefficient (Wildman–Crippen LogP) is 2.68. The van der Waals surface area contributed by atoms with E-state index in [1.54, 1.807) is 19.5 Å². The van der Waals surface area contributed by atoms with Crippen LogP contribution < -0.4 is 5.32 Å². The number of rotatable bonds is 8. The number of nitrogens with zero attached hydrogens (tertiary/aromatic N) is 2. The molecule has 29 heavy (non-hydrogen) atoms. The fourth-order valence-electron chi connectivity index (χ4n) is 3.87. The number of aryl methyl sites for hydroxylation is 1. The van der Waals surface area contributed by atoms with Crippen molar-refractivity contribution < 1.29 is 14.3 Å². The first-order valence-electron chi connectivity index (χ1n) is 10.1. The maximum absolute atomic E-state index is 13.1. The highest BCUT2D eigenvalue weighted by Gasteiger charge is 2.40. The summed E-state index contributed by atoms with van der Waals surface area (Å²) in [4.78, 5) is 31.5. The topological polar surface area (TPSA) is 71.5 Å². The van der Waals surface area contributed by atoms with Gasteiger partial charge in [0.25, 0.3) is 0 Å². The van der Waals surface area contributed by atoms with Crippen molar-refractivity contribution >= 4 is 11.8 Å². The lowest BCUT2D eigenvalue weighted by Gasteiger charge is -2.40. The third-order valence-electron chi connectivity index (χ3n) is 5.46. The molecule has 2 atom stereocenters. The second kappa shape index (κ2) is 10.2. The van der Waals surface area contributed by atoms with Crippen LogP contribution in [0, 0.1) is 12.8 Å². The molecule has 1 aliphatic heterocycles. The van der Waals surface area contributed by atoms with Crippen LogP contribution in [0.5, 0.6) is 0 Å². The second-order valence-electron chi connectivity index (χ2n) is 7.48. The van der Waals surface area contributed by atoms with Gasteiger partial charge in [-0.2, -0.15) is 0 Å². The minimum Gasteiger partial charge on any atom is -0.383 e. The number of carbonyl (C=O) groups is 2. The van der Waals surface area contributed by atoms with E-state index in [9.17, 15) is 9.59 Å². The van der Waals surface area contributed by atoms with Crippen LogP contribution in [0.1, 0.15) is 35.6 Å². The van der Waals surface area contributed by atoms with Gasteiger partial charge in [0.1, 0.15) is 0 Å². The van der Waals surface area contributed by atoms with Crippen molar-refractivity contribution in [3.8, 4) is 0 Å². The van der Waals surface area contributed by atoms with Gasteiger partial charge in [-0.15, -0.1) is 0 Å². The van der Waals surface area contributed by atoms with Gasteiger partial charge < -0.3 is 15.0 Å². The Hall–Kier alpha value is -2.73. The number of likely N-dealkylation sites (tertiary alicyclic amines) is 1.